The van der Waals surface area contributed by atoms with Gasteiger partial charge in [-0.2, -0.15) is 0 Å². The number of hydrogen-bond acceptors (Lipinski definition) is 5. The van der Waals surface area contributed by atoms with E-state index in [1.54, 1.807) is 6.20 Å². The first-order chi connectivity index (χ1) is 12.6. The van der Waals surface area contributed by atoms with Crippen LogP contribution in [0.4, 0.5) is 5.82 Å². The largest absolute Gasteiger partial charge is 0.462 e. The fourth-order valence-corrected chi connectivity index (χ4v) is 4.88. The summed E-state index contributed by atoms with van der Waals surface area (Å²) >= 11 is 6.07. The molecule has 0 N–H and O–H groups in total. The Labute approximate surface area is 160 Å². The lowest BCUT2D eigenvalue weighted by molar-refractivity contribution is -0.150. The maximum Gasteiger partial charge on any atom is 0.312 e. The quantitative estimate of drug-likeness (QED) is 0.751. The van der Waals surface area contributed by atoms with E-state index in [2.05, 4.69) is 14.8 Å². The van der Waals surface area contributed by atoms with Gasteiger partial charge in [0, 0.05) is 50.4 Å². The molecule has 6 heteroatoms. The van der Waals surface area contributed by atoms with Gasteiger partial charge in [0.15, 0.2) is 0 Å². The molecule has 1 spiro atoms. The van der Waals surface area contributed by atoms with Gasteiger partial charge in [0.25, 0.3) is 0 Å². The highest BCUT2D eigenvalue weighted by molar-refractivity contribution is 6.30. The fraction of sp³-hybridized carbons (Fsp3) is 0.700. The van der Waals surface area contributed by atoms with Gasteiger partial charge in [0.1, 0.15) is 11.9 Å². The molecule has 1 atom stereocenters. The zero-order valence-corrected chi connectivity index (χ0v) is 16.1. The smallest absolute Gasteiger partial charge is 0.312 e. The Morgan fingerprint density at radius 3 is 2.69 bits per heavy atom. The number of carbonyl (C=O) groups is 1. The maximum atomic E-state index is 12.4. The molecule has 4 rings (SSSR count). The normalized spacial score (nSPS) is 26.3. The number of rotatable bonds is 4. The number of pyridine rings is 1. The number of nitrogens with zero attached hydrogens (tertiary/aromatic N) is 3. The van der Waals surface area contributed by atoms with Gasteiger partial charge in [-0.05, 0) is 31.4 Å². The molecule has 3 fully saturated rings. The summed E-state index contributed by atoms with van der Waals surface area (Å²) in [6.45, 7) is 4.95. The summed E-state index contributed by atoms with van der Waals surface area (Å²) in [7, 11) is 0. The zero-order valence-electron chi connectivity index (χ0n) is 15.3. The fourth-order valence-electron chi connectivity index (χ4n) is 4.73. The van der Waals surface area contributed by atoms with Gasteiger partial charge in [0.2, 0.25) is 0 Å². The first kappa shape index (κ1) is 18.1. The number of halogens is 1. The summed E-state index contributed by atoms with van der Waals surface area (Å²) in [5.41, 5.74) is -0.139. The van der Waals surface area contributed by atoms with Crippen molar-refractivity contribution < 1.29 is 9.53 Å². The number of piperazine rings is 1. The van der Waals surface area contributed by atoms with Crippen LogP contribution in [0, 0.1) is 5.41 Å². The second-order valence-corrected chi connectivity index (χ2v) is 8.46. The third-order valence-corrected chi connectivity index (χ3v) is 6.54. The molecular weight excluding hydrogens is 350 g/mol. The monoisotopic (exact) mass is 377 g/mol. The van der Waals surface area contributed by atoms with Gasteiger partial charge in [0.05, 0.1) is 5.41 Å². The van der Waals surface area contributed by atoms with E-state index in [4.69, 9.17) is 16.3 Å². The van der Waals surface area contributed by atoms with E-state index >= 15 is 0 Å². The number of hydrogen-bond donors (Lipinski definition) is 0. The number of esters is 1. The van der Waals surface area contributed by atoms with Crippen LogP contribution >= 0.6 is 11.6 Å². The number of carbonyl (C=O) groups excluding carboxylic acids is 1. The zero-order chi connectivity index (χ0) is 18.0. The molecule has 0 aromatic carbocycles. The molecule has 1 aromatic rings. The van der Waals surface area contributed by atoms with Crippen LogP contribution in [0.2, 0.25) is 5.02 Å². The highest BCUT2D eigenvalue weighted by Gasteiger charge is 2.48. The molecule has 1 aromatic heterocycles. The van der Waals surface area contributed by atoms with Gasteiger partial charge in [-0.25, -0.2) is 4.98 Å². The molecule has 2 aliphatic heterocycles. The molecule has 0 radical (unpaired) electrons. The van der Waals surface area contributed by atoms with Crippen molar-refractivity contribution >= 4 is 23.4 Å². The topological polar surface area (TPSA) is 45.7 Å². The van der Waals surface area contributed by atoms with Crippen LogP contribution in [-0.4, -0.2) is 54.7 Å². The third kappa shape index (κ3) is 3.84. The summed E-state index contributed by atoms with van der Waals surface area (Å²) in [6, 6.07) is 3.74. The van der Waals surface area contributed by atoms with Crippen molar-refractivity contribution in [2.24, 2.45) is 5.41 Å². The standard InChI is InChI=1S/C20H28ClN3O2/c21-16-4-8-22-18(14-16)24-12-10-23(11-13-24)9-5-17-15-20(19(25)26-17)6-2-1-3-7-20/h4,8,14,17H,1-3,5-7,9-13,15H2/t17-/m0/s1. The lowest BCUT2D eigenvalue weighted by Gasteiger charge is -2.35. The van der Waals surface area contributed by atoms with E-state index in [-0.39, 0.29) is 17.5 Å². The van der Waals surface area contributed by atoms with Gasteiger partial charge < -0.3 is 9.64 Å². The minimum absolute atomic E-state index is 0.0825. The van der Waals surface area contributed by atoms with Crippen molar-refractivity contribution in [3.63, 3.8) is 0 Å². The second-order valence-electron chi connectivity index (χ2n) is 8.02. The van der Waals surface area contributed by atoms with Crippen molar-refractivity contribution in [1.82, 2.24) is 9.88 Å². The van der Waals surface area contributed by atoms with Crippen LogP contribution < -0.4 is 4.90 Å². The molecule has 142 valence electrons. The summed E-state index contributed by atoms with van der Waals surface area (Å²) < 4.78 is 5.75. The van der Waals surface area contributed by atoms with Gasteiger partial charge >= 0.3 is 5.97 Å². The van der Waals surface area contributed by atoms with E-state index in [9.17, 15) is 4.79 Å². The average molecular weight is 378 g/mol. The Bertz CT molecular complexity index is 640. The van der Waals surface area contributed by atoms with E-state index in [0.717, 1.165) is 69.2 Å². The molecule has 0 unspecified atom stereocenters. The van der Waals surface area contributed by atoms with Crippen molar-refractivity contribution in [3.05, 3.63) is 23.4 Å². The van der Waals surface area contributed by atoms with Crippen LogP contribution in [0.3, 0.4) is 0 Å². The molecule has 3 heterocycles. The highest BCUT2D eigenvalue weighted by atomic mass is 35.5. The molecule has 3 aliphatic rings. The lowest BCUT2D eigenvalue weighted by Crippen LogP contribution is -2.47. The Morgan fingerprint density at radius 1 is 1.19 bits per heavy atom. The minimum Gasteiger partial charge on any atom is -0.462 e. The molecular formula is C20H28ClN3O2. The number of cyclic esters (lactones) is 1. The number of ether oxygens (including phenoxy) is 1. The van der Waals surface area contributed by atoms with E-state index in [0.29, 0.717) is 0 Å². The number of aromatic nitrogens is 1. The third-order valence-electron chi connectivity index (χ3n) is 6.31. The first-order valence-corrected chi connectivity index (χ1v) is 10.3. The van der Waals surface area contributed by atoms with Crippen molar-refractivity contribution in [1.29, 1.82) is 0 Å². The molecule has 1 saturated carbocycles. The van der Waals surface area contributed by atoms with Gasteiger partial charge in [-0.1, -0.05) is 30.9 Å². The Morgan fingerprint density at radius 2 is 1.96 bits per heavy atom. The van der Waals surface area contributed by atoms with Gasteiger partial charge in [-0.3, -0.25) is 9.69 Å². The van der Waals surface area contributed by atoms with Crippen molar-refractivity contribution in [3.8, 4) is 0 Å². The summed E-state index contributed by atoms with van der Waals surface area (Å²) in [6.07, 6.45) is 9.49. The summed E-state index contributed by atoms with van der Waals surface area (Å²) in [5, 5.41) is 0.733. The molecule has 26 heavy (non-hydrogen) atoms. The van der Waals surface area contributed by atoms with Gasteiger partial charge in [-0.15, -0.1) is 0 Å². The van der Waals surface area contributed by atoms with E-state index < -0.39 is 0 Å². The van der Waals surface area contributed by atoms with Crippen LogP contribution in [-0.2, 0) is 9.53 Å². The predicted molar refractivity (Wildman–Crippen MR) is 103 cm³/mol. The molecule has 0 amide bonds. The SMILES string of the molecule is O=C1O[C@@H](CCN2CCN(c3cc(Cl)ccn3)CC2)CC12CCCCC2. The Hall–Kier alpha value is -1.33. The van der Waals surface area contributed by atoms with Crippen LogP contribution in [0.1, 0.15) is 44.9 Å². The highest BCUT2D eigenvalue weighted by Crippen LogP contribution is 2.46. The van der Waals surface area contributed by atoms with E-state index in [1.807, 2.05) is 12.1 Å². The second kappa shape index (κ2) is 7.73. The van der Waals surface area contributed by atoms with Crippen molar-refractivity contribution in [2.45, 2.75) is 51.0 Å². The lowest BCUT2D eigenvalue weighted by atomic mass is 9.72. The van der Waals surface area contributed by atoms with Crippen molar-refractivity contribution in [2.75, 3.05) is 37.6 Å². The summed E-state index contributed by atoms with van der Waals surface area (Å²) in [5.74, 6) is 1.04. The molecule has 2 saturated heterocycles. The average Bonchev–Trinajstić information content (AvgIpc) is 2.96. The van der Waals surface area contributed by atoms with Crippen LogP contribution in [0.5, 0.6) is 0 Å². The van der Waals surface area contributed by atoms with E-state index in [1.165, 1.54) is 19.3 Å². The maximum absolute atomic E-state index is 12.4. The number of anilines is 1. The Balaban J connectivity index is 1.24. The molecule has 1 aliphatic carbocycles. The van der Waals surface area contributed by atoms with Crippen LogP contribution in [0.25, 0.3) is 0 Å². The molecule has 5 nitrogen and oxygen atoms in total. The van der Waals surface area contributed by atoms with Crippen LogP contribution in [0.15, 0.2) is 18.3 Å². The first-order valence-electron chi connectivity index (χ1n) is 9.95. The minimum atomic E-state index is -0.139. The molecule has 0 bridgehead atoms. The summed E-state index contributed by atoms with van der Waals surface area (Å²) in [4.78, 5) is 21.6. The Kier molecular flexibility index (Phi) is 5.37. The predicted octanol–water partition coefficient (Wildman–Crippen LogP) is 3.51.